The lowest BCUT2D eigenvalue weighted by Gasteiger charge is -2.20. The highest BCUT2D eigenvalue weighted by molar-refractivity contribution is 8.26. The minimum Gasteiger partial charge on any atom is -0.318 e. The molecule has 6 nitrogen and oxygen atoms in total. The molecule has 2 aromatic rings. The molecule has 3 heterocycles. The van der Waals surface area contributed by atoms with Crippen LogP contribution in [0.1, 0.15) is 62.0 Å². The fraction of sp³-hybridized carbons (Fsp3) is 0.333. The van der Waals surface area contributed by atoms with E-state index in [-0.39, 0.29) is 17.3 Å². The Morgan fingerprint density at radius 3 is 2.55 bits per heavy atom. The molecule has 160 valence electrons. The third-order valence-corrected chi connectivity index (χ3v) is 6.95. The van der Waals surface area contributed by atoms with Crippen LogP contribution in [0.5, 0.6) is 0 Å². The Morgan fingerprint density at radius 1 is 1.19 bits per heavy atom. The number of hydrogen-bond acceptors (Lipinski definition) is 4. The van der Waals surface area contributed by atoms with Gasteiger partial charge in [0, 0.05) is 17.1 Å². The van der Waals surface area contributed by atoms with Gasteiger partial charge in [-0.05, 0) is 79.8 Å². The zero-order chi connectivity index (χ0) is 22.3. The van der Waals surface area contributed by atoms with Crippen molar-refractivity contribution in [3.63, 3.8) is 0 Å². The molecule has 0 fully saturated rings. The number of nitrogens with one attached hydrogen (secondary N) is 1. The topological polar surface area (TPSA) is 73.8 Å². The van der Waals surface area contributed by atoms with Gasteiger partial charge in [-0.3, -0.25) is 10.2 Å². The van der Waals surface area contributed by atoms with E-state index in [0.29, 0.717) is 11.1 Å². The molecule has 0 spiro atoms. The van der Waals surface area contributed by atoms with E-state index in [0.717, 1.165) is 40.5 Å². The van der Waals surface area contributed by atoms with Gasteiger partial charge in [0.05, 0.1) is 5.57 Å². The molecule has 0 radical (unpaired) electrons. The maximum Gasteiger partial charge on any atom is 0.283 e. The lowest BCUT2D eigenvalue weighted by molar-refractivity contribution is -0.114. The van der Waals surface area contributed by atoms with Crippen molar-refractivity contribution in [1.29, 1.82) is 5.41 Å². The van der Waals surface area contributed by atoms with Crippen molar-refractivity contribution in [3.8, 4) is 5.69 Å². The first-order valence-corrected chi connectivity index (χ1v) is 11.4. The maximum absolute atomic E-state index is 12.7. The zero-order valence-electron chi connectivity index (χ0n) is 18.6. The second-order valence-electron chi connectivity index (χ2n) is 7.93. The van der Waals surface area contributed by atoms with E-state index >= 15 is 0 Å². The fourth-order valence-corrected chi connectivity index (χ4v) is 4.67. The maximum atomic E-state index is 12.7. The number of benzene rings is 1. The third kappa shape index (κ3) is 3.78. The summed E-state index contributed by atoms with van der Waals surface area (Å²) < 4.78 is 2.18. The summed E-state index contributed by atoms with van der Waals surface area (Å²) in [7, 11) is 0. The number of carbonyl (C=O) groups excluding carboxylic acids is 1. The van der Waals surface area contributed by atoms with Crippen molar-refractivity contribution in [3.05, 3.63) is 58.4 Å². The predicted molar refractivity (Wildman–Crippen MR) is 129 cm³/mol. The van der Waals surface area contributed by atoms with Crippen LogP contribution >= 0.6 is 11.8 Å². The number of aryl methyl sites for hydroxylation is 1. The van der Waals surface area contributed by atoms with Gasteiger partial charge < -0.3 is 4.57 Å². The Balaban J connectivity index is 1.69. The van der Waals surface area contributed by atoms with Crippen LogP contribution in [0.25, 0.3) is 11.8 Å². The summed E-state index contributed by atoms with van der Waals surface area (Å²) in [6.45, 7) is 10.5. The first kappa shape index (κ1) is 21.3. The number of hydrazone groups is 1. The third-order valence-electron chi connectivity index (χ3n) is 5.90. The number of rotatable bonds is 5. The van der Waals surface area contributed by atoms with Gasteiger partial charge in [-0.25, -0.2) is 0 Å². The second kappa shape index (κ2) is 8.30. The highest BCUT2D eigenvalue weighted by atomic mass is 32.2. The molecule has 0 saturated heterocycles. The standard InChI is InChI=1S/C24H27N5OS/c1-6-14(3)17-8-10-19(11-9-17)28-15(4)12-18(16(28)5)13-20-22(25)29-24(26-23(20)30)31-21(7-2)27-29/h8-14,25H,6-7H2,1-5H3/b20-13+,25-22?/t14-/m1/s1. The van der Waals surface area contributed by atoms with Crippen molar-refractivity contribution >= 4 is 39.8 Å². The molecule has 31 heavy (non-hydrogen) atoms. The van der Waals surface area contributed by atoms with Gasteiger partial charge in [0.1, 0.15) is 5.04 Å². The number of thioether (sulfide) groups is 1. The zero-order valence-corrected chi connectivity index (χ0v) is 19.4. The number of aliphatic imine (C=N–C) groups is 1. The molecular formula is C24H27N5OS. The summed E-state index contributed by atoms with van der Waals surface area (Å²) in [5, 5.41) is 15.7. The van der Waals surface area contributed by atoms with E-state index in [1.807, 2.05) is 19.9 Å². The average molecular weight is 434 g/mol. The van der Waals surface area contributed by atoms with E-state index in [2.05, 4.69) is 59.7 Å². The molecule has 0 aliphatic carbocycles. The number of nitrogens with zero attached hydrogens (tertiary/aromatic N) is 4. The lowest BCUT2D eigenvalue weighted by atomic mass is 9.98. The number of hydrogen-bond donors (Lipinski definition) is 1. The van der Waals surface area contributed by atoms with Crippen molar-refractivity contribution in [2.24, 2.45) is 10.1 Å². The normalized spacial score (nSPS) is 18.4. The van der Waals surface area contributed by atoms with Crippen LogP contribution in [0.2, 0.25) is 0 Å². The molecule has 4 rings (SSSR count). The van der Waals surface area contributed by atoms with Gasteiger partial charge in [0.2, 0.25) is 5.17 Å². The van der Waals surface area contributed by atoms with E-state index in [4.69, 9.17) is 5.41 Å². The second-order valence-corrected chi connectivity index (χ2v) is 8.97. The van der Waals surface area contributed by atoms with Crippen molar-refractivity contribution in [2.75, 3.05) is 0 Å². The van der Waals surface area contributed by atoms with E-state index in [9.17, 15) is 4.79 Å². The van der Waals surface area contributed by atoms with Crippen LogP contribution in [0.4, 0.5) is 0 Å². The van der Waals surface area contributed by atoms with Gasteiger partial charge >= 0.3 is 0 Å². The number of aromatic nitrogens is 1. The molecule has 1 aromatic heterocycles. The first-order chi connectivity index (χ1) is 14.8. The van der Waals surface area contributed by atoms with Gasteiger partial charge in [0.15, 0.2) is 5.84 Å². The largest absolute Gasteiger partial charge is 0.318 e. The molecular weight excluding hydrogens is 406 g/mol. The number of amides is 1. The quantitative estimate of drug-likeness (QED) is 0.620. The molecule has 1 amide bonds. The van der Waals surface area contributed by atoms with E-state index in [1.165, 1.54) is 22.3 Å². The molecule has 0 unspecified atom stereocenters. The molecule has 1 atom stereocenters. The molecule has 2 aliphatic rings. The highest BCUT2D eigenvalue weighted by Crippen LogP contribution is 2.30. The Kier molecular flexibility index (Phi) is 5.71. The molecule has 1 aromatic carbocycles. The van der Waals surface area contributed by atoms with Crippen molar-refractivity contribution < 1.29 is 4.79 Å². The molecule has 7 heteroatoms. The Hall–Kier alpha value is -2.93. The van der Waals surface area contributed by atoms with Gasteiger partial charge in [-0.15, -0.1) is 0 Å². The summed E-state index contributed by atoms with van der Waals surface area (Å²) in [6, 6.07) is 10.7. The Labute approximate surface area is 187 Å². The van der Waals surface area contributed by atoms with Crippen LogP contribution in [0.15, 0.2) is 46.0 Å². The Bertz CT molecular complexity index is 1150. The molecule has 1 N–H and O–H groups in total. The minimum absolute atomic E-state index is 0.0775. The van der Waals surface area contributed by atoms with Crippen LogP contribution in [-0.4, -0.2) is 31.5 Å². The number of carbonyl (C=O) groups is 1. The monoisotopic (exact) mass is 433 g/mol. The summed E-state index contributed by atoms with van der Waals surface area (Å²) in [5.74, 6) is 0.224. The Morgan fingerprint density at radius 2 is 1.90 bits per heavy atom. The van der Waals surface area contributed by atoms with Gasteiger partial charge in [-0.1, -0.05) is 32.9 Å². The SMILES string of the molecule is CCC1=NN2C(=N)/C(=C\c3cc(C)n(-c4ccc([C@H](C)CC)cc4)c3C)C(=O)N=C2S1. The summed E-state index contributed by atoms with van der Waals surface area (Å²) in [5.41, 5.74) is 5.68. The summed E-state index contributed by atoms with van der Waals surface area (Å²) >= 11 is 1.35. The van der Waals surface area contributed by atoms with Crippen LogP contribution < -0.4 is 0 Å². The number of amidine groups is 2. The van der Waals surface area contributed by atoms with Crippen LogP contribution in [0.3, 0.4) is 0 Å². The molecule has 0 bridgehead atoms. The van der Waals surface area contributed by atoms with E-state index in [1.54, 1.807) is 6.08 Å². The summed E-state index contributed by atoms with van der Waals surface area (Å²) in [4.78, 5) is 16.8. The molecule has 0 saturated carbocycles. The number of fused-ring (bicyclic) bond motifs is 1. The smallest absolute Gasteiger partial charge is 0.283 e. The fourth-order valence-electron chi connectivity index (χ4n) is 3.85. The van der Waals surface area contributed by atoms with Crippen LogP contribution in [-0.2, 0) is 4.79 Å². The average Bonchev–Trinajstić information content (AvgIpc) is 3.30. The van der Waals surface area contributed by atoms with Crippen molar-refractivity contribution in [2.45, 2.75) is 53.4 Å². The summed E-state index contributed by atoms with van der Waals surface area (Å²) in [6.07, 6.45) is 3.63. The van der Waals surface area contributed by atoms with E-state index < -0.39 is 0 Å². The molecule has 2 aliphatic heterocycles. The van der Waals surface area contributed by atoms with Crippen molar-refractivity contribution in [1.82, 2.24) is 9.58 Å². The highest BCUT2D eigenvalue weighted by Gasteiger charge is 2.35. The first-order valence-electron chi connectivity index (χ1n) is 10.6. The van der Waals surface area contributed by atoms with Crippen LogP contribution in [0, 0.1) is 19.3 Å². The minimum atomic E-state index is -0.390. The lowest BCUT2D eigenvalue weighted by Crippen LogP contribution is -2.35. The van der Waals surface area contributed by atoms with Gasteiger partial charge in [0.25, 0.3) is 5.91 Å². The van der Waals surface area contributed by atoms with Gasteiger partial charge in [-0.2, -0.15) is 15.1 Å². The predicted octanol–water partition coefficient (Wildman–Crippen LogP) is 5.64.